The van der Waals surface area contributed by atoms with E-state index in [-0.39, 0.29) is 18.4 Å². The number of fused-ring (bicyclic) bond motifs is 2. The Morgan fingerprint density at radius 2 is 1.85 bits per heavy atom. The predicted molar refractivity (Wildman–Crippen MR) is 130 cm³/mol. The fourth-order valence-electron chi connectivity index (χ4n) is 3.78. The van der Waals surface area contributed by atoms with Gasteiger partial charge in [-0.2, -0.15) is 4.98 Å². The van der Waals surface area contributed by atoms with E-state index in [1.807, 2.05) is 68.4 Å². The Kier molecular flexibility index (Phi) is 5.90. The van der Waals surface area contributed by atoms with E-state index in [2.05, 4.69) is 15.5 Å². The van der Waals surface area contributed by atoms with E-state index in [9.17, 15) is 9.59 Å². The molecule has 0 unspecified atom stereocenters. The van der Waals surface area contributed by atoms with Crippen molar-refractivity contribution in [2.75, 3.05) is 11.4 Å². The molecule has 1 aliphatic heterocycles. The molecule has 8 heteroatoms. The fourth-order valence-corrected chi connectivity index (χ4v) is 4.90. The maximum atomic E-state index is 13.1. The Bertz CT molecular complexity index is 1380. The van der Waals surface area contributed by atoms with Crippen molar-refractivity contribution in [3.8, 4) is 11.4 Å². The summed E-state index contributed by atoms with van der Waals surface area (Å²) in [4.78, 5) is 33.5. The molecule has 34 heavy (non-hydrogen) atoms. The van der Waals surface area contributed by atoms with Crippen molar-refractivity contribution in [2.24, 2.45) is 0 Å². The Morgan fingerprint density at radius 1 is 1.06 bits per heavy atom. The Hall–Kier alpha value is -3.91. The maximum absolute atomic E-state index is 13.1. The van der Waals surface area contributed by atoms with Gasteiger partial charge >= 0.3 is 0 Å². The summed E-state index contributed by atoms with van der Waals surface area (Å²) in [6.07, 6.45) is 0. The lowest BCUT2D eigenvalue weighted by Crippen LogP contribution is -2.30. The zero-order valence-corrected chi connectivity index (χ0v) is 19.6. The van der Waals surface area contributed by atoms with Crippen molar-refractivity contribution in [3.63, 3.8) is 0 Å². The summed E-state index contributed by atoms with van der Waals surface area (Å²) in [5.41, 5.74) is 3.98. The number of rotatable bonds is 5. The van der Waals surface area contributed by atoms with Gasteiger partial charge in [0.1, 0.15) is 0 Å². The van der Waals surface area contributed by atoms with Crippen molar-refractivity contribution < 1.29 is 14.1 Å². The Morgan fingerprint density at radius 3 is 2.65 bits per heavy atom. The third kappa shape index (κ3) is 4.20. The van der Waals surface area contributed by atoms with E-state index >= 15 is 0 Å². The third-order valence-electron chi connectivity index (χ3n) is 5.59. The molecule has 2 amide bonds. The molecule has 7 nitrogen and oxygen atoms in total. The van der Waals surface area contributed by atoms with Crippen LogP contribution in [0.2, 0.25) is 0 Å². The summed E-state index contributed by atoms with van der Waals surface area (Å²) in [5, 5.41) is 6.90. The van der Waals surface area contributed by atoms with Gasteiger partial charge in [-0.25, -0.2) is 0 Å². The highest BCUT2D eigenvalue weighted by molar-refractivity contribution is 7.99. The highest BCUT2D eigenvalue weighted by atomic mass is 32.2. The number of anilines is 1. The number of benzene rings is 3. The van der Waals surface area contributed by atoms with Crippen LogP contribution in [0.1, 0.15) is 39.1 Å². The zero-order chi connectivity index (χ0) is 23.7. The van der Waals surface area contributed by atoms with Crippen LogP contribution in [-0.2, 0) is 6.54 Å². The van der Waals surface area contributed by atoms with Crippen LogP contribution < -0.4 is 10.2 Å². The minimum Gasteiger partial charge on any atom is -0.343 e. The largest absolute Gasteiger partial charge is 0.343 e. The van der Waals surface area contributed by atoms with E-state index in [1.54, 1.807) is 28.8 Å². The molecule has 0 spiro atoms. The average Bonchev–Trinajstić information content (AvgIpc) is 3.29. The van der Waals surface area contributed by atoms with Crippen molar-refractivity contribution in [3.05, 3.63) is 89.3 Å². The Labute approximate surface area is 201 Å². The molecule has 1 aromatic heterocycles. The first-order chi connectivity index (χ1) is 16.5. The number of aromatic nitrogens is 2. The van der Waals surface area contributed by atoms with Gasteiger partial charge in [-0.15, -0.1) is 0 Å². The quantitative estimate of drug-likeness (QED) is 0.436. The first-order valence-corrected chi connectivity index (χ1v) is 11.8. The number of amides is 2. The van der Waals surface area contributed by atoms with Crippen LogP contribution in [0, 0.1) is 6.92 Å². The van der Waals surface area contributed by atoms with Crippen LogP contribution in [0.25, 0.3) is 11.4 Å². The monoisotopic (exact) mass is 470 g/mol. The molecule has 0 fully saturated rings. The van der Waals surface area contributed by atoms with Gasteiger partial charge in [0, 0.05) is 27.5 Å². The van der Waals surface area contributed by atoms with E-state index < -0.39 is 0 Å². The number of nitrogens with zero attached hydrogens (tertiary/aromatic N) is 3. The lowest BCUT2D eigenvalue weighted by molar-refractivity contribution is 0.0945. The van der Waals surface area contributed by atoms with E-state index in [0.717, 1.165) is 26.6 Å². The summed E-state index contributed by atoms with van der Waals surface area (Å²) >= 11 is 1.55. The molecule has 5 rings (SSSR count). The molecule has 170 valence electrons. The maximum Gasteiger partial charge on any atom is 0.259 e. The van der Waals surface area contributed by atoms with Gasteiger partial charge in [0.25, 0.3) is 11.8 Å². The third-order valence-corrected chi connectivity index (χ3v) is 6.71. The van der Waals surface area contributed by atoms with Crippen molar-refractivity contribution in [2.45, 2.75) is 30.2 Å². The summed E-state index contributed by atoms with van der Waals surface area (Å²) in [6.45, 7) is 4.63. The van der Waals surface area contributed by atoms with Crippen LogP contribution in [0.4, 0.5) is 5.69 Å². The zero-order valence-electron chi connectivity index (χ0n) is 18.7. The SMILES string of the molecule is CCN1C(=O)c2ccccc2Sc2cc(-c3noc(CNC(=O)c4ccc(C)cc4)n3)ccc21. The minimum atomic E-state index is -0.204. The van der Waals surface area contributed by atoms with Gasteiger partial charge in [-0.1, -0.05) is 46.7 Å². The van der Waals surface area contributed by atoms with Crippen molar-refractivity contribution >= 4 is 29.3 Å². The van der Waals surface area contributed by atoms with Crippen LogP contribution in [0.15, 0.2) is 81.0 Å². The highest BCUT2D eigenvalue weighted by Crippen LogP contribution is 2.42. The molecule has 0 radical (unpaired) electrons. The lowest BCUT2D eigenvalue weighted by Gasteiger charge is -2.21. The number of aryl methyl sites for hydroxylation is 1. The van der Waals surface area contributed by atoms with Crippen LogP contribution in [0.3, 0.4) is 0 Å². The normalized spacial score (nSPS) is 12.6. The van der Waals surface area contributed by atoms with Gasteiger partial charge < -0.3 is 14.7 Å². The van der Waals surface area contributed by atoms with Gasteiger partial charge in [0.2, 0.25) is 11.7 Å². The standard InChI is InChI=1S/C26H22N4O3S/c1-3-30-20-13-12-18(14-22(20)34-21-7-5-4-6-19(21)26(30)32)24-28-23(33-29-24)15-27-25(31)17-10-8-16(2)9-11-17/h4-14H,3,15H2,1-2H3,(H,27,31). The smallest absolute Gasteiger partial charge is 0.259 e. The average molecular weight is 471 g/mol. The second-order valence-electron chi connectivity index (χ2n) is 7.89. The molecule has 0 saturated carbocycles. The first-order valence-electron chi connectivity index (χ1n) is 10.9. The second kappa shape index (κ2) is 9.15. The van der Waals surface area contributed by atoms with Crippen LogP contribution in [0.5, 0.6) is 0 Å². The molecule has 2 heterocycles. The second-order valence-corrected chi connectivity index (χ2v) is 8.97. The molecule has 1 N–H and O–H groups in total. The number of hydrogen-bond donors (Lipinski definition) is 1. The van der Waals surface area contributed by atoms with Crippen LogP contribution in [-0.4, -0.2) is 28.5 Å². The fraction of sp³-hybridized carbons (Fsp3) is 0.154. The lowest BCUT2D eigenvalue weighted by atomic mass is 10.1. The van der Waals surface area contributed by atoms with Gasteiger partial charge in [-0.05, 0) is 56.3 Å². The Balaban J connectivity index is 1.37. The molecule has 0 bridgehead atoms. The number of hydrogen-bond acceptors (Lipinski definition) is 6. The predicted octanol–water partition coefficient (Wildman–Crippen LogP) is 5.11. The number of carbonyl (C=O) groups is 2. The molecule has 0 aliphatic carbocycles. The van der Waals surface area contributed by atoms with Crippen LogP contribution >= 0.6 is 11.8 Å². The van der Waals surface area contributed by atoms with E-state index in [1.165, 1.54) is 0 Å². The van der Waals surface area contributed by atoms with Crippen molar-refractivity contribution in [1.82, 2.24) is 15.5 Å². The molecule has 0 saturated heterocycles. The van der Waals surface area contributed by atoms with Gasteiger partial charge in [0.15, 0.2) is 0 Å². The van der Waals surface area contributed by atoms with Gasteiger partial charge in [0.05, 0.1) is 17.8 Å². The minimum absolute atomic E-state index is 0.0109. The molecule has 0 atom stereocenters. The summed E-state index contributed by atoms with van der Waals surface area (Å²) in [7, 11) is 0. The van der Waals surface area contributed by atoms with E-state index in [4.69, 9.17) is 4.52 Å². The number of carbonyl (C=O) groups excluding carboxylic acids is 2. The summed E-state index contributed by atoms with van der Waals surface area (Å²) < 4.78 is 5.36. The van der Waals surface area contributed by atoms with Gasteiger partial charge in [-0.3, -0.25) is 9.59 Å². The summed E-state index contributed by atoms with van der Waals surface area (Å²) in [6, 6.07) is 20.7. The molecular weight excluding hydrogens is 448 g/mol. The molecular formula is C26H22N4O3S. The van der Waals surface area contributed by atoms with E-state index in [0.29, 0.717) is 29.4 Å². The molecule has 4 aromatic rings. The highest BCUT2D eigenvalue weighted by Gasteiger charge is 2.26. The topological polar surface area (TPSA) is 88.3 Å². The molecule has 1 aliphatic rings. The van der Waals surface area contributed by atoms with Crippen molar-refractivity contribution in [1.29, 1.82) is 0 Å². The summed E-state index contributed by atoms with van der Waals surface area (Å²) in [5.74, 6) is 0.524. The first kappa shape index (κ1) is 21.9. The molecule has 3 aromatic carbocycles. The number of nitrogens with one attached hydrogen (secondary N) is 1.